The Kier molecular flexibility index (Phi) is 3.20. The number of benzene rings is 1. The van der Waals surface area contributed by atoms with E-state index in [0.29, 0.717) is 0 Å². The first kappa shape index (κ1) is 11.5. The molecule has 2 rings (SSSR count). The molecule has 2 nitrogen and oxygen atoms in total. The Bertz CT molecular complexity index is 365. The Hall–Kier alpha value is -1.02. The van der Waals surface area contributed by atoms with E-state index in [1.54, 1.807) is 0 Å². The lowest BCUT2D eigenvalue weighted by atomic mass is 9.92. The SMILES string of the molecule is CC(C)(O)CCc1cccc2c1CCCN2. The average molecular weight is 219 g/mol. The van der Waals surface area contributed by atoms with Crippen LogP contribution >= 0.6 is 0 Å². The lowest BCUT2D eigenvalue weighted by Crippen LogP contribution is -2.20. The first-order valence-electron chi connectivity index (χ1n) is 6.13. The summed E-state index contributed by atoms with van der Waals surface area (Å²) in [5, 5.41) is 13.2. The zero-order valence-corrected chi connectivity index (χ0v) is 10.2. The first-order chi connectivity index (χ1) is 7.56. The minimum absolute atomic E-state index is 0.565. The van der Waals surface area contributed by atoms with E-state index in [1.807, 2.05) is 13.8 Å². The maximum Gasteiger partial charge on any atom is 0.0594 e. The van der Waals surface area contributed by atoms with Gasteiger partial charge in [-0.3, -0.25) is 0 Å². The van der Waals surface area contributed by atoms with E-state index in [9.17, 15) is 5.11 Å². The molecule has 1 aliphatic rings. The summed E-state index contributed by atoms with van der Waals surface area (Å²) in [4.78, 5) is 0. The highest BCUT2D eigenvalue weighted by molar-refractivity contribution is 5.56. The fraction of sp³-hybridized carbons (Fsp3) is 0.571. The van der Waals surface area contributed by atoms with E-state index in [4.69, 9.17) is 0 Å². The van der Waals surface area contributed by atoms with Gasteiger partial charge in [0, 0.05) is 12.2 Å². The molecule has 2 N–H and O–H groups in total. The van der Waals surface area contributed by atoms with Gasteiger partial charge in [0.25, 0.3) is 0 Å². The van der Waals surface area contributed by atoms with Gasteiger partial charge < -0.3 is 10.4 Å². The van der Waals surface area contributed by atoms with Gasteiger partial charge in [-0.1, -0.05) is 12.1 Å². The average Bonchev–Trinajstić information content (AvgIpc) is 2.25. The van der Waals surface area contributed by atoms with Gasteiger partial charge in [0.1, 0.15) is 0 Å². The lowest BCUT2D eigenvalue weighted by molar-refractivity contribution is 0.0713. The van der Waals surface area contributed by atoms with E-state index >= 15 is 0 Å². The van der Waals surface area contributed by atoms with E-state index < -0.39 is 5.60 Å². The lowest BCUT2D eigenvalue weighted by Gasteiger charge is -2.23. The van der Waals surface area contributed by atoms with Crippen LogP contribution < -0.4 is 5.32 Å². The highest BCUT2D eigenvalue weighted by atomic mass is 16.3. The topological polar surface area (TPSA) is 32.3 Å². The van der Waals surface area contributed by atoms with Gasteiger partial charge in [-0.2, -0.15) is 0 Å². The van der Waals surface area contributed by atoms with Crippen LogP contribution in [0.4, 0.5) is 5.69 Å². The largest absolute Gasteiger partial charge is 0.390 e. The molecule has 0 saturated heterocycles. The van der Waals surface area contributed by atoms with E-state index in [2.05, 4.69) is 23.5 Å². The van der Waals surface area contributed by atoms with Gasteiger partial charge in [-0.05, 0) is 56.7 Å². The molecule has 0 aliphatic carbocycles. The van der Waals surface area contributed by atoms with E-state index in [1.165, 1.54) is 29.7 Å². The second-order valence-electron chi connectivity index (χ2n) is 5.29. The standard InChI is InChI=1S/C14H21NO/c1-14(2,16)9-8-11-5-3-7-13-12(11)6-4-10-15-13/h3,5,7,15-16H,4,6,8-10H2,1-2H3. The second-order valence-corrected chi connectivity index (χ2v) is 5.29. The maximum absolute atomic E-state index is 9.77. The van der Waals surface area contributed by atoms with E-state index in [0.717, 1.165) is 19.4 Å². The van der Waals surface area contributed by atoms with Crippen LogP contribution in [-0.4, -0.2) is 17.3 Å². The molecule has 0 fully saturated rings. The third kappa shape index (κ3) is 2.76. The Morgan fingerprint density at radius 3 is 2.94 bits per heavy atom. The van der Waals surface area contributed by atoms with Gasteiger partial charge in [0.2, 0.25) is 0 Å². The van der Waals surface area contributed by atoms with Crippen molar-refractivity contribution in [1.82, 2.24) is 0 Å². The smallest absolute Gasteiger partial charge is 0.0594 e. The number of aliphatic hydroxyl groups is 1. The molecular weight excluding hydrogens is 198 g/mol. The van der Waals surface area contributed by atoms with Crippen LogP contribution in [0.5, 0.6) is 0 Å². The van der Waals surface area contributed by atoms with E-state index in [-0.39, 0.29) is 0 Å². The molecule has 0 aromatic heterocycles. The molecule has 1 heterocycles. The van der Waals surface area contributed by atoms with Gasteiger partial charge in [-0.15, -0.1) is 0 Å². The first-order valence-corrected chi connectivity index (χ1v) is 6.13. The number of fused-ring (bicyclic) bond motifs is 1. The predicted octanol–water partition coefficient (Wildman–Crippen LogP) is 2.75. The molecule has 0 amide bonds. The molecule has 0 radical (unpaired) electrons. The summed E-state index contributed by atoms with van der Waals surface area (Å²) in [5.41, 5.74) is 3.58. The molecule has 0 atom stereocenters. The van der Waals surface area contributed by atoms with Crippen LogP contribution in [0, 0.1) is 0 Å². The summed E-state index contributed by atoms with van der Waals surface area (Å²) in [6, 6.07) is 6.45. The Morgan fingerprint density at radius 1 is 1.38 bits per heavy atom. The van der Waals surface area contributed by atoms with Crippen LogP contribution in [0.15, 0.2) is 18.2 Å². The highest BCUT2D eigenvalue weighted by Gasteiger charge is 2.16. The summed E-state index contributed by atoms with van der Waals surface area (Å²) >= 11 is 0. The predicted molar refractivity (Wildman–Crippen MR) is 67.9 cm³/mol. The molecule has 0 bridgehead atoms. The second kappa shape index (κ2) is 4.46. The van der Waals surface area contributed by atoms with Crippen molar-refractivity contribution in [3.8, 4) is 0 Å². The highest BCUT2D eigenvalue weighted by Crippen LogP contribution is 2.27. The fourth-order valence-electron chi connectivity index (χ4n) is 2.26. The number of hydrogen-bond donors (Lipinski definition) is 2. The van der Waals surface area contributed by atoms with Gasteiger partial charge >= 0.3 is 0 Å². The molecule has 0 spiro atoms. The molecule has 88 valence electrons. The van der Waals surface area contributed by atoms with Gasteiger partial charge in [0.05, 0.1) is 5.60 Å². The maximum atomic E-state index is 9.77. The fourth-order valence-corrected chi connectivity index (χ4v) is 2.26. The normalized spacial score (nSPS) is 15.4. The summed E-state index contributed by atoms with van der Waals surface area (Å²) in [6.07, 6.45) is 4.18. The van der Waals surface area contributed by atoms with Crippen molar-refractivity contribution in [2.75, 3.05) is 11.9 Å². The number of anilines is 1. The van der Waals surface area contributed by atoms with Crippen molar-refractivity contribution in [3.05, 3.63) is 29.3 Å². The van der Waals surface area contributed by atoms with Crippen LogP contribution in [0.3, 0.4) is 0 Å². The van der Waals surface area contributed by atoms with Crippen LogP contribution in [-0.2, 0) is 12.8 Å². The molecule has 0 unspecified atom stereocenters. The molecule has 1 aliphatic heterocycles. The minimum Gasteiger partial charge on any atom is -0.390 e. The van der Waals surface area contributed by atoms with Crippen LogP contribution in [0.1, 0.15) is 37.8 Å². The van der Waals surface area contributed by atoms with Crippen LogP contribution in [0.2, 0.25) is 0 Å². The Labute approximate surface area is 97.7 Å². The summed E-state index contributed by atoms with van der Waals surface area (Å²) in [7, 11) is 0. The van der Waals surface area contributed by atoms with Crippen molar-refractivity contribution in [1.29, 1.82) is 0 Å². The molecule has 1 aromatic rings. The number of aryl methyl sites for hydroxylation is 1. The quantitative estimate of drug-likeness (QED) is 0.819. The van der Waals surface area contributed by atoms with Gasteiger partial charge in [-0.25, -0.2) is 0 Å². The van der Waals surface area contributed by atoms with Crippen molar-refractivity contribution < 1.29 is 5.11 Å². The number of rotatable bonds is 3. The number of nitrogens with one attached hydrogen (secondary N) is 1. The zero-order valence-electron chi connectivity index (χ0n) is 10.2. The molecule has 0 saturated carbocycles. The van der Waals surface area contributed by atoms with Gasteiger partial charge in [0.15, 0.2) is 0 Å². The summed E-state index contributed by atoms with van der Waals surface area (Å²) < 4.78 is 0. The minimum atomic E-state index is -0.565. The Balaban J connectivity index is 2.15. The molecular formula is C14H21NO. The third-order valence-electron chi connectivity index (χ3n) is 3.20. The zero-order chi connectivity index (χ0) is 11.6. The molecule has 2 heteroatoms. The Morgan fingerprint density at radius 2 is 2.19 bits per heavy atom. The van der Waals surface area contributed by atoms with Crippen molar-refractivity contribution in [2.45, 2.75) is 45.1 Å². The van der Waals surface area contributed by atoms with Crippen molar-refractivity contribution in [3.63, 3.8) is 0 Å². The summed E-state index contributed by atoms with van der Waals surface area (Å²) in [6.45, 7) is 4.84. The van der Waals surface area contributed by atoms with Crippen LogP contribution in [0.25, 0.3) is 0 Å². The third-order valence-corrected chi connectivity index (χ3v) is 3.20. The molecule has 1 aromatic carbocycles. The number of hydrogen-bond acceptors (Lipinski definition) is 2. The molecule has 16 heavy (non-hydrogen) atoms. The monoisotopic (exact) mass is 219 g/mol. The van der Waals surface area contributed by atoms with Crippen molar-refractivity contribution in [2.24, 2.45) is 0 Å². The van der Waals surface area contributed by atoms with Crippen molar-refractivity contribution >= 4 is 5.69 Å². The summed E-state index contributed by atoms with van der Waals surface area (Å²) in [5.74, 6) is 0.